The number of nitrogens with one attached hydrogen (secondary N) is 1. The second-order valence-corrected chi connectivity index (χ2v) is 5.83. The number of hydrazine groups is 1. The number of carboxylic acid groups (broad SMARTS) is 1. The van der Waals surface area contributed by atoms with Crippen LogP contribution in [-0.2, 0) is 11.3 Å². The Hall–Kier alpha value is -1.57. The van der Waals surface area contributed by atoms with Gasteiger partial charge in [0.2, 0.25) is 6.79 Å². The summed E-state index contributed by atoms with van der Waals surface area (Å²) in [6.07, 6.45) is 3.55. The summed E-state index contributed by atoms with van der Waals surface area (Å²) in [5.41, 5.74) is 3.74. The second-order valence-electron chi connectivity index (χ2n) is 4.55. The van der Waals surface area contributed by atoms with E-state index < -0.39 is 12.0 Å². The average Bonchev–Trinajstić information content (AvgIpc) is 3.05. The van der Waals surface area contributed by atoms with Crippen LogP contribution in [0.5, 0.6) is 11.5 Å². The van der Waals surface area contributed by atoms with Gasteiger partial charge in [0.05, 0.1) is 0 Å². The van der Waals surface area contributed by atoms with Gasteiger partial charge in [0.1, 0.15) is 0 Å². The number of ether oxygens (including phenoxy) is 2. The zero-order valence-corrected chi connectivity index (χ0v) is 12.7. The maximum Gasteiger partial charge on any atom is 0.328 e. The molecule has 2 N–H and O–H groups in total. The average molecular weight is 329 g/mol. The molecule has 0 radical (unpaired) electrons. The van der Waals surface area contributed by atoms with Crippen LogP contribution in [0.4, 0.5) is 0 Å². The third-order valence-corrected chi connectivity index (χ3v) is 4.47. The van der Waals surface area contributed by atoms with E-state index in [9.17, 15) is 9.90 Å². The van der Waals surface area contributed by atoms with Crippen LogP contribution < -0.4 is 14.9 Å². The molecule has 21 heavy (non-hydrogen) atoms. The molecule has 0 amide bonds. The quantitative estimate of drug-likeness (QED) is 0.876. The lowest BCUT2D eigenvalue weighted by atomic mass is 10.1. The standard InChI is InChI=1S/C13H13ClN2O4S/c1-21-11-4-15-16(12(11)13(17)18)5-7-2-9-10(3-8(7)14)20-6-19-9/h2-4,12,15H,5-6H2,1H3,(H,17,18). The van der Waals surface area contributed by atoms with Gasteiger partial charge in [0.25, 0.3) is 0 Å². The molecule has 0 aromatic heterocycles. The van der Waals surface area contributed by atoms with E-state index in [-0.39, 0.29) is 6.79 Å². The van der Waals surface area contributed by atoms with E-state index in [1.54, 1.807) is 23.3 Å². The number of aliphatic carboxylic acids is 1. The molecule has 6 nitrogen and oxygen atoms in total. The van der Waals surface area contributed by atoms with Crippen molar-refractivity contribution in [3.8, 4) is 11.5 Å². The van der Waals surface area contributed by atoms with Crippen molar-refractivity contribution in [1.29, 1.82) is 0 Å². The summed E-state index contributed by atoms with van der Waals surface area (Å²) in [6.45, 7) is 0.514. The van der Waals surface area contributed by atoms with Gasteiger partial charge in [-0.25, -0.2) is 5.01 Å². The number of thioether (sulfide) groups is 1. The molecule has 2 aliphatic rings. The third kappa shape index (κ3) is 2.64. The highest BCUT2D eigenvalue weighted by atomic mass is 35.5. The summed E-state index contributed by atoms with van der Waals surface area (Å²) in [5.74, 6) is 0.326. The number of carbonyl (C=O) groups is 1. The summed E-state index contributed by atoms with van der Waals surface area (Å²) >= 11 is 7.63. The normalized spacial score (nSPS) is 20.3. The first kappa shape index (κ1) is 14.4. The fourth-order valence-corrected chi connectivity index (χ4v) is 3.12. The molecule has 2 heterocycles. The van der Waals surface area contributed by atoms with Crippen LogP contribution in [0.3, 0.4) is 0 Å². The minimum Gasteiger partial charge on any atom is -0.480 e. The minimum atomic E-state index is -0.905. The van der Waals surface area contributed by atoms with E-state index in [1.807, 2.05) is 6.26 Å². The first-order valence-electron chi connectivity index (χ1n) is 6.18. The molecule has 0 fully saturated rings. The van der Waals surface area contributed by atoms with E-state index >= 15 is 0 Å². The van der Waals surface area contributed by atoms with E-state index in [1.165, 1.54) is 11.8 Å². The lowest BCUT2D eigenvalue weighted by Crippen LogP contribution is -2.42. The van der Waals surface area contributed by atoms with Crippen molar-refractivity contribution in [1.82, 2.24) is 10.4 Å². The Balaban J connectivity index is 1.83. The molecule has 2 aliphatic heterocycles. The number of benzene rings is 1. The highest BCUT2D eigenvalue weighted by Crippen LogP contribution is 2.37. The van der Waals surface area contributed by atoms with Gasteiger partial charge < -0.3 is 20.0 Å². The maximum absolute atomic E-state index is 11.4. The molecule has 3 rings (SSSR count). The van der Waals surface area contributed by atoms with Gasteiger partial charge in [0, 0.05) is 28.7 Å². The van der Waals surface area contributed by atoms with Crippen molar-refractivity contribution in [3.05, 3.63) is 33.8 Å². The van der Waals surface area contributed by atoms with Gasteiger partial charge in [-0.3, -0.25) is 4.79 Å². The van der Waals surface area contributed by atoms with Gasteiger partial charge >= 0.3 is 5.97 Å². The smallest absolute Gasteiger partial charge is 0.328 e. The van der Waals surface area contributed by atoms with Crippen LogP contribution in [-0.4, -0.2) is 35.2 Å². The molecule has 1 aromatic carbocycles. The minimum absolute atomic E-state index is 0.174. The summed E-state index contributed by atoms with van der Waals surface area (Å²) in [6, 6.07) is 2.75. The van der Waals surface area contributed by atoms with E-state index in [4.69, 9.17) is 21.1 Å². The molecule has 0 aliphatic carbocycles. The Morgan fingerprint density at radius 3 is 2.90 bits per heavy atom. The SMILES string of the molecule is CSC1=CNN(Cc2cc3c(cc2Cl)OCO3)C1C(=O)O. The first-order valence-corrected chi connectivity index (χ1v) is 7.78. The fourth-order valence-electron chi connectivity index (χ4n) is 2.28. The molecule has 8 heteroatoms. The maximum atomic E-state index is 11.4. The number of nitrogens with zero attached hydrogens (tertiary/aromatic N) is 1. The van der Waals surface area contributed by atoms with Crippen LogP contribution >= 0.6 is 23.4 Å². The topological polar surface area (TPSA) is 71.0 Å². The fraction of sp³-hybridized carbons (Fsp3) is 0.308. The van der Waals surface area contributed by atoms with Crippen LogP contribution in [0.25, 0.3) is 0 Å². The second kappa shape index (κ2) is 5.67. The largest absolute Gasteiger partial charge is 0.480 e. The number of fused-ring (bicyclic) bond motifs is 1. The van der Waals surface area contributed by atoms with Crippen LogP contribution in [0, 0.1) is 0 Å². The number of hydrogen-bond donors (Lipinski definition) is 2. The summed E-state index contributed by atoms with van der Waals surface area (Å²) in [7, 11) is 0. The third-order valence-electron chi connectivity index (χ3n) is 3.31. The van der Waals surface area contributed by atoms with Crippen molar-refractivity contribution in [3.63, 3.8) is 0 Å². The molecule has 0 bridgehead atoms. The van der Waals surface area contributed by atoms with Crippen molar-refractivity contribution in [2.45, 2.75) is 12.6 Å². The van der Waals surface area contributed by atoms with Gasteiger partial charge in [-0.15, -0.1) is 11.8 Å². The molecule has 112 valence electrons. The first-order chi connectivity index (χ1) is 10.1. The van der Waals surface area contributed by atoms with Crippen molar-refractivity contribution in [2.24, 2.45) is 0 Å². The molecular formula is C13H13ClN2O4S. The molecule has 1 unspecified atom stereocenters. The molecule has 0 spiro atoms. The Bertz CT molecular complexity index is 622. The van der Waals surface area contributed by atoms with Gasteiger partial charge in [-0.05, 0) is 17.9 Å². The Morgan fingerprint density at radius 1 is 1.52 bits per heavy atom. The molecular weight excluding hydrogens is 316 g/mol. The Labute approximate surface area is 130 Å². The molecule has 1 aromatic rings. The van der Waals surface area contributed by atoms with E-state index in [2.05, 4.69) is 5.43 Å². The van der Waals surface area contributed by atoms with E-state index in [0.29, 0.717) is 23.1 Å². The van der Waals surface area contributed by atoms with Crippen LogP contribution in [0.2, 0.25) is 5.02 Å². The molecule has 0 saturated heterocycles. The zero-order chi connectivity index (χ0) is 15.0. The van der Waals surface area contributed by atoms with Gasteiger partial charge in [0.15, 0.2) is 17.5 Å². The summed E-state index contributed by atoms with van der Waals surface area (Å²) in [4.78, 5) is 12.2. The van der Waals surface area contributed by atoms with Crippen molar-refractivity contribution in [2.75, 3.05) is 13.0 Å². The highest BCUT2D eigenvalue weighted by molar-refractivity contribution is 8.02. The monoisotopic (exact) mass is 328 g/mol. The van der Waals surface area contributed by atoms with Crippen molar-refractivity contribution < 1.29 is 19.4 Å². The van der Waals surface area contributed by atoms with Crippen LogP contribution in [0.1, 0.15) is 5.56 Å². The molecule has 1 atom stereocenters. The predicted molar refractivity (Wildman–Crippen MR) is 79.3 cm³/mol. The highest BCUT2D eigenvalue weighted by Gasteiger charge is 2.34. The number of rotatable bonds is 4. The lowest BCUT2D eigenvalue weighted by Gasteiger charge is -2.23. The van der Waals surface area contributed by atoms with Crippen molar-refractivity contribution >= 4 is 29.3 Å². The predicted octanol–water partition coefficient (Wildman–Crippen LogP) is 2.05. The Kier molecular flexibility index (Phi) is 3.88. The summed E-state index contributed by atoms with van der Waals surface area (Å²) in [5, 5.41) is 11.5. The number of carboxylic acids is 1. The number of halogens is 1. The van der Waals surface area contributed by atoms with Crippen LogP contribution in [0.15, 0.2) is 23.2 Å². The van der Waals surface area contributed by atoms with E-state index in [0.717, 1.165) is 10.5 Å². The Morgan fingerprint density at radius 2 is 2.24 bits per heavy atom. The lowest BCUT2D eigenvalue weighted by molar-refractivity contribution is -0.142. The number of hydrogen-bond acceptors (Lipinski definition) is 6. The molecule has 0 saturated carbocycles. The van der Waals surface area contributed by atoms with Gasteiger partial charge in [-0.2, -0.15) is 0 Å². The zero-order valence-electron chi connectivity index (χ0n) is 11.1. The van der Waals surface area contributed by atoms with Gasteiger partial charge in [-0.1, -0.05) is 11.6 Å². The summed E-state index contributed by atoms with van der Waals surface area (Å²) < 4.78 is 10.6.